The summed E-state index contributed by atoms with van der Waals surface area (Å²) in [5.74, 6) is -2.50. The zero-order valence-electron chi connectivity index (χ0n) is 15.3. The molecule has 0 aliphatic heterocycles. The molecule has 0 aliphatic rings. The second kappa shape index (κ2) is 13.8. The first-order valence-corrected chi connectivity index (χ1v) is 8.88. The van der Waals surface area contributed by atoms with Crippen molar-refractivity contribution in [3.05, 3.63) is 24.5 Å². The molecule has 11 nitrogen and oxygen atoms in total. The Balaban J connectivity index is 0.000000890. The highest BCUT2D eigenvalue weighted by Gasteiger charge is 2.26. The quantitative estimate of drug-likeness (QED) is 0.118. The van der Waals surface area contributed by atoms with E-state index < -0.39 is 30.6 Å². The molecule has 7 N–H and O–H groups in total. The number of hydrogen-bond donors (Lipinski definition) is 5. The third kappa shape index (κ3) is 16.8. The van der Waals surface area contributed by atoms with Crippen molar-refractivity contribution >= 4 is 41.4 Å². The Labute approximate surface area is 172 Å². The summed E-state index contributed by atoms with van der Waals surface area (Å²) in [6, 6.07) is 0. The summed E-state index contributed by atoms with van der Waals surface area (Å²) >= 11 is 1.34. The lowest BCUT2D eigenvalue weighted by Crippen LogP contribution is -2.26. The average molecular weight is 452 g/mol. The fourth-order valence-electron chi connectivity index (χ4n) is 1.39. The first kappa shape index (κ1) is 26.6. The Hall–Kier alpha value is -3.36. The smallest absolute Gasteiger partial charge is 0.408 e. The van der Waals surface area contributed by atoms with Gasteiger partial charge in [0, 0.05) is 24.3 Å². The Kier molecular flexibility index (Phi) is 12.2. The van der Waals surface area contributed by atoms with Gasteiger partial charge >= 0.3 is 18.1 Å². The third-order valence-corrected chi connectivity index (χ3v) is 3.47. The number of hydrogen-bond acceptors (Lipinski definition) is 7. The average Bonchev–Trinajstić information content (AvgIpc) is 2.62. The van der Waals surface area contributed by atoms with Crippen molar-refractivity contribution in [1.29, 1.82) is 0 Å². The number of nitrogens with two attached hydrogens (primary N) is 2. The van der Waals surface area contributed by atoms with E-state index >= 15 is 0 Å². The number of rotatable bonds is 9. The van der Waals surface area contributed by atoms with Gasteiger partial charge in [-0.15, -0.1) is 11.8 Å². The number of nitrogens with one attached hydrogen (secondary N) is 1. The summed E-state index contributed by atoms with van der Waals surface area (Å²) in [4.78, 5) is 40.8. The highest BCUT2D eigenvalue weighted by Crippen LogP contribution is 2.18. The van der Waals surface area contributed by atoms with Crippen LogP contribution < -0.4 is 16.8 Å². The largest absolute Gasteiger partial charge is 0.478 e. The molecule has 30 heavy (non-hydrogen) atoms. The van der Waals surface area contributed by atoms with Gasteiger partial charge in [-0.05, 0) is 6.42 Å². The van der Waals surface area contributed by atoms with Crippen molar-refractivity contribution in [2.75, 3.05) is 17.6 Å². The summed E-state index contributed by atoms with van der Waals surface area (Å²) in [6.07, 6.45) is 0.358. The van der Waals surface area contributed by atoms with Crippen LogP contribution >= 0.6 is 11.8 Å². The number of amides is 1. The number of carboxylic acid groups (broad SMARTS) is 2. The lowest BCUT2D eigenvalue weighted by molar-refractivity contribution is -0.134. The van der Waals surface area contributed by atoms with Crippen LogP contribution in [0.1, 0.15) is 12.8 Å². The number of aliphatic carboxylic acids is 2. The van der Waals surface area contributed by atoms with Crippen molar-refractivity contribution in [3.63, 3.8) is 0 Å². The van der Waals surface area contributed by atoms with Crippen LogP contribution in [0, 0.1) is 0 Å². The third-order valence-electron chi connectivity index (χ3n) is 2.48. The number of aromatic nitrogens is 2. The highest BCUT2D eigenvalue weighted by atomic mass is 32.2. The molecule has 0 aromatic carbocycles. The molecule has 1 amide bonds. The number of thioether (sulfide) groups is 1. The molecule has 0 saturated heterocycles. The van der Waals surface area contributed by atoms with Crippen molar-refractivity contribution in [2.45, 2.75) is 24.0 Å². The van der Waals surface area contributed by atoms with E-state index in [1.165, 1.54) is 24.2 Å². The van der Waals surface area contributed by atoms with Gasteiger partial charge in [-0.25, -0.2) is 19.6 Å². The number of carbonyl (C=O) groups excluding carboxylic acids is 1. The maximum Gasteiger partial charge on any atom is 0.408 e. The second-order valence-corrected chi connectivity index (χ2v) is 6.23. The lowest BCUT2D eigenvalue weighted by atomic mass is 10.3. The molecule has 166 valence electrons. The van der Waals surface area contributed by atoms with Crippen LogP contribution in [0.25, 0.3) is 0 Å². The fourth-order valence-corrected chi connectivity index (χ4v) is 2.19. The van der Waals surface area contributed by atoms with Crippen molar-refractivity contribution in [2.24, 2.45) is 16.5 Å². The minimum atomic E-state index is -4.42. The first-order valence-electron chi connectivity index (χ1n) is 7.90. The molecule has 1 rings (SSSR count). The summed E-state index contributed by atoms with van der Waals surface area (Å²) in [5, 5.41) is 18.6. The van der Waals surface area contributed by atoms with E-state index in [2.05, 4.69) is 20.3 Å². The Morgan fingerprint density at radius 3 is 2.27 bits per heavy atom. The van der Waals surface area contributed by atoms with E-state index in [9.17, 15) is 27.6 Å². The molecule has 0 spiro atoms. The SMILES string of the molecule is NC(=O)CCCSc1cncc(NC(N)=NCC(F)(F)F)n1.O=C(O)/C=C\C(=O)O. The topological polar surface area (TPSA) is 194 Å². The molecule has 0 aliphatic carbocycles. The number of guanidine groups is 1. The molecular weight excluding hydrogens is 433 g/mol. The van der Waals surface area contributed by atoms with E-state index in [-0.39, 0.29) is 18.1 Å². The van der Waals surface area contributed by atoms with Crippen LogP contribution in [0.2, 0.25) is 0 Å². The van der Waals surface area contributed by atoms with Gasteiger partial charge in [-0.1, -0.05) is 0 Å². The van der Waals surface area contributed by atoms with Gasteiger partial charge in [0.2, 0.25) is 5.91 Å². The van der Waals surface area contributed by atoms with Crippen molar-refractivity contribution in [1.82, 2.24) is 9.97 Å². The number of nitrogens with zero attached hydrogens (tertiary/aromatic N) is 3. The summed E-state index contributed by atoms with van der Waals surface area (Å²) in [5.41, 5.74) is 10.3. The number of anilines is 1. The van der Waals surface area contributed by atoms with E-state index in [4.69, 9.17) is 21.7 Å². The van der Waals surface area contributed by atoms with E-state index in [1.54, 1.807) is 0 Å². The van der Waals surface area contributed by atoms with Crippen molar-refractivity contribution in [3.8, 4) is 0 Å². The molecule has 15 heteroatoms. The standard InChI is InChI=1S/C11H15F3N6OS.C4H4O4/c12-11(13,14)6-18-10(16)20-8-4-17-5-9(19-8)22-3-1-2-7(15)21;5-3(6)1-2-4(7)8/h4-5H,1-3,6H2,(H2,15,21)(H3,16,18,19,20);1-2H,(H,5,6)(H,7,8)/b;2-1-. The Bertz CT molecular complexity index is 772. The van der Waals surface area contributed by atoms with Gasteiger partial charge < -0.3 is 27.0 Å². The van der Waals surface area contributed by atoms with Gasteiger partial charge in [-0.3, -0.25) is 9.78 Å². The maximum atomic E-state index is 12.0. The van der Waals surface area contributed by atoms with E-state index in [1.807, 2.05) is 0 Å². The molecule has 1 aromatic rings. The Morgan fingerprint density at radius 1 is 1.17 bits per heavy atom. The monoisotopic (exact) mass is 452 g/mol. The zero-order chi connectivity index (χ0) is 23.2. The maximum absolute atomic E-state index is 12.0. The molecule has 1 heterocycles. The lowest BCUT2D eigenvalue weighted by Gasteiger charge is -2.07. The van der Waals surface area contributed by atoms with Crippen LogP contribution in [0.3, 0.4) is 0 Å². The second-order valence-electron chi connectivity index (χ2n) is 5.11. The van der Waals surface area contributed by atoms with Crippen LogP contribution in [0.5, 0.6) is 0 Å². The summed E-state index contributed by atoms with van der Waals surface area (Å²) < 4.78 is 36.0. The molecule has 0 saturated carbocycles. The normalized spacial score (nSPS) is 11.5. The van der Waals surface area contributed by atoms with Gasteiger partial charge in [0.1, 0.15) is 11.6 Å². The number of aliphatic imine (C=N–C) groups is 1. The van der Waals surface area contributed by atoms with Crippen molar-refractivity contribution < 1.29 is 37.8 Å². The number of alkyl halides is 3. The highest BCUT2D eigenvalue weighted by molar-refractivity contribution is 7.99. The predicted octanol–water partition coefficient (Wildman–Crippen LogP) is 0.835. The van der Waals surface area contributed by atoms with Crippen LogP contribution in [0.4, 0.5) is 19.0 Å². The van der Waals surface area contributed by atoms with Gasteiger partial charge in [0.15, 0.2) is 11.8 Å². The summed E-state index contributed by atoms with van der Waals surface area (Å²) in [7, 11) is 0. The van der Waals surface area contributed by atoms with Gasteiger partial charge in [0.05, 0.1) is 12.4 Å². The molecular formula is C15H19F3N6O5S. The van der Waals surface area contributed by atoms with Crippen LogP contribution in [0.15, 0.2) is 34.6 Å². The van der Waals surface area contributed by atoms with Gasteiger partial charge in [-0.2, -0.15) is 13.2 Å². The number of carboxylic acids is 2. The van der Waals surface area contributed by atoms with Crippen LogP contribution in [-0.4, -0.2) is 62.5 Å². The number of primary amides is 1. The molecule has 0 atom stereocenters. The van der Waals surface area contributed by atoms with E-state index in [0.717, 1.165) is 0 Å². The summed E-state index contributed by atoms with van der Waals surface area (Å²) in [6.45, 7) is -1.37. The molecule has 0 unspecified atom stereocenters. The van der Waals surface area contributed by atoms with Crippen LogP contribution in [-0.2, 0) is 14.4 Å². The predicted molar refractivity (Wildman–Crippen MR) is 102 cm³/mol. The minimum Gasteiger partial charge on any atom is -0.478 e. The number of halogens is 3. The zero-order valence-corrected chi connectivity index (χ0v) is 16.1. The Morgan fingerprint density at radius 2 is 1.77 bits per heavy atom. The molecule has 0 bridgehead atoms. The minimum absolute atomic E-state index is 0.184. The fraction of sp³-hybridized carbons (Fsp3) is 0.333. The van der Waals surface area contributed by atoms with E-state index in [0.29, 0.717) is 29.4 Å². The molecule has 1 aromatic heterocycles. The molecule has 0 fully saturated rings. The first-order chi connectivity index (χ1) is 13.9. The molecule has 0 radical (unpaired) electrons. The number of carbonyl (C=O) groups is 3. The van der Waals surface area contributed by atoms with Gasteiger partial charge in [0.25, 0.3) is 0 Å².